The van der Waals surface area contributed by atoms with E-state index in [0.717, 1.165) is 0 Å². The van der Waals surface area contributed by atoms with Crippen molar-refractivity contribution in [3.05, 3.63) is 0 Å². The first-order valence-electron chi connectivity index (χ1n) is 5.15. The molecule has 16 heavy (non-hydrogen) atoms. The van der Waals surface area contributed by atoms with Crippen LogP contribution < -0.4 is 5.32 Å². The van der Waals surface area contributed by atoms with Crippen molar-refractivity contribution >= 4 is 11.9 Å². The third kappa shape index (κ3) is 2.74. The predicted molar refractivity (Wildman–Crippen MR) is 58.6 cm³/mol. The number of nitrogens with one attached hydrogen (secondary N) is 1. The van der Waals surface area contributed by atoms with Crippen LogP contribution in [0.5, 0.6) is 0 Å². The minimum absolute atomic E-state index is 0.0970. The smallest absolute Gasteiger partial charge is 0.311 e. The molecule has 1 aliphatic rings. The zero-order chi connectivity index (χ0) is 12.2. The van der Waals surface area contributed by atoms with Crippen LogP contribution in [0.4, 0.5) is 0 Å². The van der Waals surface area contributed by atoms with Crippen molar-refractivity contribution in [1.29, 1.82) is 0 Å². The summed E-state index contributed by atoms with van der Waals surface area (Å²) in [5.74, 6) is 1.43. The lowest BCUT2D eigenvalue weighted by Gasteiger charge is -2.20. The van der Waals surface area contributed by atoms with E-state index in [9.17, 15) is 9.59 Å². The van der Waals surface area contributed by atoms with E-state index in [-0.39, 0.29) is 19.0 Å². The molecular formula is C11H16N2O3. The number of carbonyl (C=O) groups is 2. The van der Waals surface area contributed by atoms with Crippen LogP contribution in [0.1, 0.15) is 13.3 Å². The predicted octanol–water partition coefficient (Wildman–Crippen LogP) is -0.468. The van der Waals surface area contributed by atoms with Gasteiger partial charge in [0, 0.05) is 13.1 Å². The number of likely N-dealkylation sites (tertiary alicyclic amines) is 1. The highest BCUT2D eigenvalue weighted by atomic mass is 16.4. The van der Waals surface area contributed by atoms with Gasteiger partial charge in [-0.1, -0.05) is 5.92 Å². The quantitative estimate of drug-likeness (QED) is 0.500. The Morgan fingerprint density at radius 1 is 1.62 bits per heavy atom. The summed E-state index contributed by atoms with van der Waals surface area (Å²) in [5, 5.41) is 11.8. The minimum Gasteiger partial charge on any atom is -0.481 e. The molecule has 0 bridgehead atoms. The van der Waals surface area contributed by atoms with Crippen molar-refractivity contribution in [2.24, 2.45) is 5.41 Å². The number of nitrogens with zero attached hydrogens (tertiary/aromatic N) is 1. The molecule has 1 heterocycles. The van der Waals surface area contributed by atoms with Crippen molar-refractivity contribution in [1.82, 2.24) is 10.2 Å². The van der Waals surface area contributed by atoms with Gasteiger partial charge in [0.25, 0.3) is 0 Å². The van der Waals surface area contributed by atoms with E-state index in [4.69, 9.17) is 11.5 Å². The molecule has 0 aromatic heterocycles. The molecule has 0 radical (unpaired) electrons. The molecule has 0 aromatic rings. The molecule has 1 saturated heterocycles. The van der Waals surface area contributed by atoms with Crippen LogP contribution in [0, 0.1) is 17.8 Å². The Balaban J connectivity index is 2.44. The second kappa shape index (κ2) is 4.99. The molecule has 0 spiro atoms. The number of rotatable bonds is 4. The van der Waals surface area contributed by atoms with Crippen molar-refractivity contribution in [2.75, 3.05) is 26.2 Å². The number of terminal acetylenes is 1. The number of amides is 1. The highest BCUT2D eigenvalue weighted by molar-refractivity contribution is 5.81. The lowest BCUT2D eigenvalue weighted by atomic mass is 9.90. The Labute approximate surface area is 94.8 Å². The first-order valence-corrected chi connectivity index (χ1v) is 5.15. The monoisotopic (exact) mass is 224 g/mol. The average Bonchev–Trinajstić information content (AvgIpc) is 2.63. The van der Waals surface area contributed by atoms with Crippen LogP contribution in [-0.4, -0.2) is 48.1 Å². The summed E-state index contributed by atoms with van der Waals surface area (Å²) in [4.78, 5) is 24.2. The molecule has 1 amide bonds. The summed E-state index contributed by atoms with van der Waals surface area (Å²) >= 11 is 0. The molecular weight excluding hydrogens is 208 g/mol. The zero-order valence-electron chi connectivity index (χ0n) is 9.32. The van der Waals surface area contributed by atoms with Gasteiger partial charge in [0.2, 0.25) is 5.91 Å². The molecule has 1 rings (SSSR count). The fraction of sp³-hybridized carbons (Fsp3) is 0.636. The molecule has 0 saturated carbocycles. The Morgan fingerprint density at radius 3 is 2.81 bits per heavy atom. The topological polar surface area (TPSA) is 69.6 Å². The van der Waals surface area contributed by atoms with E-state index in [1.807, 2.05) is 0 Å². The van der Waals surface area contributed by atoms with Crippen LogP contribution in [0.25, 0.3) is 0 Å². The van der Waals surface area contributed by atoms with Crippen molar-refractivity contribution in [3.63, 3.8) is 0 Å². The summed E-state index contributed by atoms with van der Waals surface area (Å²) in [7, 11) is 0. The fourth-order valence-electron chi connectivity index (χ4n) is 1.70. The summed E-state index contributed by atoms with van der Waals surface area (Å²) in [6, 6.07) is 0. The molecule has 88 valence electrons. The van der Waals surface area contributed by atoms with E-state index in [0.29, 0.717) is 19.5 Å². The van der Waals surface area contributed by atoms with E-state index in [1.54, 1.807) is 11.8 Å². The number of carboxylic acids is 1. The number of hydrogen-bond acceptors (Lipinski definition) is 3. The minimum atomic E-state index is -0.848. The zero-order valence-corrected chi connectivity index (χ0v) is 9.32. The molecule has 2 N–H and O–H groups in total. The maximum absolute atomic E-state index is 11.6. The van der Waals surface area contributed by atoms with Crippen LogP contribution in [0.15, 0.2) is 0 Å². The van der Waals surface area contributed by atoms with Gasteiger partial charge in [-0.05, 0) is 13.3 Å². The first kappa shape index (κ1) is 12.5. The molecule has 0 aliphatic carbocycles. The van der Waals surface area contributed by atoms with Crippen molar-refractivity contribution in [2.45, 2.75) is 13.3 Å². The summed E-state index contributed by atoms with van der Waals surface area (Å²) < 4.78 is 0. The molecule has 0 aromatic carbocycles. The van der Waals surface area contributed by atoms with Gasteiger partial charge in [-0.3, -0.25) is 14.9 Å². The SMILES string of the molecule is C#CCNCC(=O)N1CCC(C)(C(=O)O)C1. The maximum atomic E-state index is 11.6. The van der Waals surface area contributed by atoms with E-state index in [1.165, 1.54) is 0 Å². The van der Waals surface area contributed by atoms with Gasteiger partial charge in [0.1, 0.15) is 0 Å². The molecule has 1 aliphatic heterocycles. The lowest BCUT2D eigenvalue weighted by molar-refractivity contribution is -0.147. The van der Waals surface area contributed by atoms with E-state index >= 15 is 0 Å². The third-order valence-corrected chi connectivity index (χ3v) is 2.85. The van der Waals surface area contributed by atoms with E-state index < -0.39 is 11.4 Å². The summed E-state index contributed by atoms with van der Waals surface area (Å²) in [6.07, 6.45) is 5.54. The average molecular weight is 224 g/mol. The van der Waals surface area contributed by atoms with Gasteiger partial charge >= 0.3 is 5.97 Å². The van der Waals surface area contributed by atoms with E-state index in [2.05, 4.69) is 11.2 Å². The van der Waals surface area contributed by atoms with Crippen LogP contribution in [0.2, 0.25) is 0 Å². The second-order valence-corrected chi connectivity index (χ2v) is 4.24. The Kier molecular flexibility index (Phi) is 3.91. The van der Waals surface area contributed by atoms with Crippen LogP contribution >= 0.6 is 0 Å². The van der Waals surface area contributed by atoms with Gasteiger partial charge in [-0.15, -0.1) is 6.42 Å². The molecule has 1 fully saturated rings. The van der Waals surface area contributed by atoms with Gasteiger partial charge < -0.3 is 10.0 Å². The van der Waals surface area contributed by atoms with Crippen molar-refractivity contribution in [3.8, 4) is 12.3 Å². The molecule has 5 nitrogen and oxygen atoms in total. The Morgan fingerprint density at radius 2 is 2.31 bits per heavy atom. The van der Waals surface area contributed by atoms with Gasteiger partial charge in [-0.2, -0.15) is 0 Å². The number of hydrogen-bond donors (Lipinski definition) is 2. The maximum Gasteiger partial charge on any atom is 0.311 e. The third-order valence-electron chi connectivity index (χ3n) is 2.85. The highest BCUT2D eigenvalue weighted by Crippen LogP contribution is 2.29. The standard InChI is InChI=1S/C11H16N2O3/c1-3-5-12-7-9(14)13-6-4-11(2,8-13)10(15)16/h1,12H,4-8H2,2H3,(H,15,16). The molecule has 1 atom stereocenters. The normalized spacial score (nSPS) is 24.1. The number of aliphatic carboxylic acids is 1. The Bertz CT molecular complexity index is 335. The summed E-state index contributed by atoms with van der Waals surface area (Å²) in [6.45, 7) is 2.95. The largest absolute Gasteiger partial charge is 0.481 e. The first-order chi connectivity index (χ1) is 7.49. The second-order valence-electron chi connectivity index (χ2n) is 4.24. The Hall–Kier alpha value is -1.54. The summed E-state index contributed by atoms with van der Waals surface area (Å²) in [5.41, 5.74) is -0.804. The molecule has 5 heteroatoms. The van der Waals surface area contributed by atoms with Gasteiger partial charge in [0.15, 0.2) is 0 Å². The van der Waals surface area contributed by atoms with Crippen LogP contribution in [0.3, 0.4) is 0 Å². The number of carbonyl (C=O) groups excluding carboxylic acids is 1. The number of carboxylic acid groups (broad SMARTS) is 1. The fourth-order valence-corrected chi connectivity index (χ4v) is 1.70. The van der Waals surface area contributed by atoms with Gasteiger partial charge in [-0.25, -0.2) is 0 Å². The highest BCUT2D eigenvalue weighted by Gasteiger charge is 2.41. The van der Waals surface area contributed by atoms with Crippen molar-refractivity contribution < 1.29 is 14.7 Å². The van der Waals surface area contributed by atoms with Gasteiger partial charge in [0.05, 0.1) is 18.5 Å². The lowest BCUT2D eigenvalue weighted by Crippen LogP contribution is -2.39. The molecule has 1 unspecified atom stereocenters. The van der Waals surface area contributed by atoms with Crippen LogP contribution in [-0.2, 0) is 9.59 Å².